The largest absolute Gasteiger partial charge is 0.491 e. The van der Waals surface area contributed by atoms with Gasteiger partial charge in [-0.15, -0.1) is 0 Å². The number of benzene rings is 1. The van der Waals surface area contributed by atoms with Crippen molar-refractivity contribution in [3.63, 3.8) is 0 Å². The summed E-state index contributed by atoms with van der Waals surface area (Å²) in [5.41, 5.74) is 0.173. The van der Waals surface area contributed by atoms with Crippen LogP contribution < -0.4 is 4.74 Å². The molecule has 0 aliphatic heterocycles. The first-order valence-electron chi connectivity index (χ1n) is 5.35. The highest BCUT2D eigenvalue weighted by molar-refractivity contribution is 5.89. The van der Waals surface area contributed by atoms with Crippen molar-refractivity contribution in [2.45, 2.75) is 19.4 Å². The molecule has 4 nitrogen and oxygen atoms in total. The van der Waals surface area contributed by atoms with E-state index in [1.165, 1.54) is 7.11 Å². The Morgan fingerprint density at radius 3 is 2.24 bits per heavy atom. The van der Waals surface area contributed by atoms with Crippen LogP contribution >= 0.6 is 0 Å². The van der Waals surface area contributed by atoms with Gasteiger partial charge in [0, 0.05) is 7.11 Å². The molecule has 4 heteroatoms. The first-order chi connectivity index (χ1) is 7.98. The second kappa shape index (κ2) is 5.68. The van der Waals surface area contributed by atoms with Crippen molar-refractivity contribution >= 4 is 5.97 Å². The van der Waals surface area contributed by atoms with Gasteiger partial charge in [-0.2, -0.15) is 0 Å². The van der Waals surface area contributed by atoms with Crippen LogP contribution in [0.2, 0.25) is 0 Å². The number of hydrogen-bond donors (Lipinski definition) is 0. The van der Waals surface area contributed by atoms with Gasteiger partial charge >= 0.3 is 5.97 Å². The summed E-state index contributed by atoms with van der Waals surface area (Å²) in [5.74, 6) is 0.344. The molecule has 1 aromatic carbocycles. The Kier molecular flexibility index (Phi) is 4.52. The molecule has 0 fully saturated rings. The summed E-state index contributed by atoms with van der Waals surface area (Å²) in [4.78, 5) is 11.2. The van der Waals surface area contributed by atoms with Gasteiger partial charge < -0.3 is 14.2 Å². The van der Waals surface area contributed by atoms with Gasteiger partial charge in [0.1, 0.15) is 12.4 Å². The Labute approximate surface area is 101 Å². The maximum atomic E-state index is 11.2. The fourth-order valence-corrected chi connectivity index (χ4v) is 1.12. The van der Waals surface area contributed by atoms with Gasteiger partial charge in [0.05, 0.1) is 18.3 Å². The molecule has 0 bridgehead atoms. The number of ether oxygens (including phenoxy) is 3. The molecule has 0 saturated carbocycles. The van der Waals surface area contributed by atoms with Gasteiger partial charge in [-0.3, -0.25) is 0 Å². The van der Waals surface area contributed by atoms with E-state index < -0.39 is 0 Å². The van der Waals surface area contributed by atoms with Crippen LogP contribution in [0.5, 0.6) is 5.75 Å². The van der Waals surface area contributed by atoms with Gasteiger partial charge in [-0.1, -0.05) is 0 Å². The minimum Gasteiger partial charge on any atom is -0.491 e. The predicted molar refractivity (Wildman–Crippen MR) is 64.4 cm³/mol. The lowest BCUT2D eigenvalue weighted by atomic mass is 10.1. The average molecular weight is 238 g/mol. The van der Waals surface area contributed by atoms with E-state index in [1.54, 1.807) is 31.4 Å². The van der Waals surface area contributed by atoms with Crippen molar-refractivity contribution in [3.8, 4) is 5.75 Å². The number of hydrogen-bond acceptors (Lipinski definition) is 4. The lowest BCUT2D eigenvalue weighted by Gasteiger charge is -2.22. The number of rotatable bonds is 5. The molecule has 94 valence electrons. The molecule has 0 aliphatic rings. The zero-order valence-electron chi connectivity index (χ0n) is 10.6. The van der Waals surface area contributed by atoms with Crippen LogP contribution in [0.3, 0.4) is 0 Å². The Bertz CT molecular complexity index is 368. The van der Waals surface area contributed by atoms with Gasteiger partial charge in [0.2, 0.25) is 0 Å². The van der Waals surface area contributed by atoms with E-state index in [1.807, 2.05) is 13.8 Å². The Morgan fingerprint density at radius 2 is 1.76 bits per heavy atom. The second-order valence-electron chi connectivity index (χ2n) is 4.27. The van der Waals surface area contributed by atoms with Gasteiger partial charge in [0.15, 0.2) is 0 Å². The normalized spacial score (nSPS) is 11.1. The Morgan fingerprint density at radius 1 is 1.18 bits per heavy atom. The van der Waals surface area contributed by atoms with Crippen LogP contribution in [0, 0.1) is 0 Å². The van der Waals surface area contributed by atoms with Crippen molar-refractivity contribution in [1.29, 1.82) is 0 Å². The monoisotopic (exact) mass is 238 g/mol. The third-order valence-electron chi connectivity index (χ3n) is 2.41. The Hall–Kier alpha value is -1.55. The van der Waals surface area contributed by atoms with E-state index in [-0.39, 0.29) is 11.6 Å². The van der Waals surface area contributed by atoms with Crippen LogP contribution in [-0.2, 0) is 9.47 Å². The molecular weight excluding hydrogens is 220 g/mol. The molecule has 1 rings (SSSR count). The summed E-state index contributed by atoms with van der Waals surface area (Å²) >= 11 is 0. The molecule has 0 atom stereocenters. The lowest BCUT2D eigenvalue weighted by molar-refractivity contribution is -0.0146. The van der Waals surface area contributed by atoms with E-state index in [4.69, 9.17) is 9.47 Å². The summed E-state index contributed by atoms with van der Waals surface area (Å²) in [5, 5.41) is 0. The summed E-state index contributed by atoms with van der Waals surface area (Å²) in [6.45, 7) is 4.33. The number of carbonyl (C=O) groups excluding carboxylic acids is 1. The lowest BCUT2D eigenvalue weighted by Crippen LogP contribution is -2.30. The summed E-state index contributed by atoms with van der Waals surface area (Å²) in [6, 6.07) is 6.80. The molecular formula is C13H18O4. The third kappa shape index (κ3) is 4.07. The van der Waals surface area contributed by atoms with Gasteiger partial charge in [0.25, 0.3) is 0 Å². The molecule has 0 heterocycles. The van der Waals surface area contributed by atoms with E-state index in [2.05, 4.69) is 4.74 Å². The zero-order valence-corrected chi connectivity index (χ0v) is 10.6. The van der Waals surface area contributed by atoms with Gasteiger partial charge in [-0.25, -0.2) is 4.79 Å². The van der Waals surface area contributed by atoms with Crippen molar-refractivity contribution in [2.24, 2.45) is 0 Å². The van der Waals surface area contributed by atoms with E-state index in [0.29, 0.717) is 17.9 Å². The molecule has 0 radical (unpaired) electrons. The highest BCUT2D eigenvalue weighted by atomic mass is 16.5. The predicted octanol–water partition coefficient (Wildman–Crippen LogP) is 2.28. The maximum Gasteiger partial charge on any atom is 0.337 e. The summed E-state index contributed by atoms with van der Waals surface area (Å²) in [7, 11) is 3.00. The quantitative estimate of drug-likeness (QED) is 0.738. The van der Waals surface area contributed by atoms with E-state index in [0.717, 1.165) is 0 Å². The fraction of sp³-hybridized carbons (Fsp3) is 0.462. The molecule has 0 unspecified atom stereocenters. The topological polar surface area (TPSA) is 44.8 Å². The highest BCUT2D eigenvalue weighted by Gasteiger charge is 2.17. The second-order valence-corrected chi connectivity index (χ2v) is 4.27. The maximum absolute atomic E-state index is 11.2. The first kappa shape index (κ1) is 13.5. The number of methoxy groups -OCH3 is 2. The summed E-state index contributed by atoms with van der Waals surface area (Å²) < 4.78 is 15.4. The van der Waals surface area contributed by atoms with Crippen molar-refractivity contribution in [1.82, 2.24) is 0 Å². The molecule has 0 spiro atoms. The van der Waals surface area contributed by atoms with E-state index >= 15 is 0 Å². The molecule has 1 aromatic rings. The molecule has 0 aliphatic carbocycles. The molecule has 0 amide bonds. The molecule has 0 N–H and O–H groups in total. The SMILES string of the molecule is COC(=O)c1ccc(OCC(C)(C)OC)cc1. The van der Waals surface area contributed by atoms with Crippen LogP contribution in [0.15, 0.2) is 24.3 Å². The molecule has 17 heavy (non-hydrogen) atoms. The molecule has 0 saturated heterocycles. The van der Waals surface area contributed by atoms with Crippen LogP contribution in [0.25, 0.3) is 0 Å². The van der Waals surface area contributed by atoms with Crippen LogP contribution in [0.4, 0.5) is 0 Å². The number of esters is 1. The fourth-order valence-electron chi connectivity index (χ4n) is 1.12. The third-order valence-corrected chi connectivity index (χ3v) is 2.41. The summed E-state index contributed by atoms with van der Waals surface area (Å²) in [6.07, 6.45) is 0. The minimum absolute atomic E-state index is 0.332. The average Bonchev–Trinajstić information content (AvgIpc) is 2.36. The van der Waals surface area contributed by atoms with Crippen molar-refractivity contribution in [2.75, 3.05) is 20.8 Å². The smallest absolute Gasteiger partial charge is 0.337 e. The zero-order chi connectivity index (χ0) is 12.9. The minimum atomic E-state index is -0.353. The van der Waals surface area contributed by atoms with Crippen molar-refractivity contribution in [3.05, 3.63) is 29.8 Å². The molecule has 0 aromatic heterocycles. The van der Waals surface area contributed by atoms with Gasteiger partial charge in [-0.05, 0) is 38.1 Å². The van der Waals surface area contributed by atoms with Crippen LogP contribution in [0.1, 0.15) is 24.2 Å². The standard InChI is InChI=1S/C13H18O4/c1-13(2,16-4)9-17-11-7-5-10(6-8-11)12(14)15-3/h5-8H,9H2,1-4H3. The highest BCUT2D eigenvalue weighted by Crippen LogP contribution is 2.16. The van der Waals surface area contributed by atoms with E-state index in [9.17, 15) is 4.79 Å². The van der Waals surface area contributed by atoms with Crippen LogP contribution in [-0.4, -0.2) is 32.4 Å². The van der Waals surface area contributed by atoms with Crippen molar-refractivity contribution < 1.29 is 19.0 Å². The first-order valence-corrected chi connectivity index (χ1v) is 5.35. The Balaban J connectivity index is 2.60. The number of carbonyl (C=O) groups is 1.